The Morgan fingerprint density at radius 2 is 2.02 bits per heavy atom. The number of amides is 1. The molecule has 2 aromatic carbocycles. The first-order valence-electron chi connectivity index (χ1n) is 14.4. The van der Waals surface area contributed by atoms with Crippen LogP contribution in [0.1, 0.15) is 43.5 Å². The Labute approximate surface area is 249 Å². The molecule has 4 heterocycles. The number of aromatic nitrogens is 3. The van der Waals surface area contributed by atoms with E-state index in [1.54, 1.807) is 30.3 Å². The predicted octanol–water partition coefficient (Wildman–Crippen LogP) is 5.14. The van der Waals surface area contributed by atoms with Crippen molar-refractivity contribution in [1.29, 1.82) is 0 Å². The smallest absolute Gasteiger partial charge is 0.354 e. The molecule has 9 nitrogen and oxygen atoms in total. The van der Waals surface area contributed by atoms with Crippen molar-refractivity contribution in [3.8, 4) is 28.3 Å². The lowest BCUT2D eigenvalue weighted by molar-refractivity contribution is -0.126. The van der Waals surface area contributed by atoms with Gasteiger partial charge in [-0.15, -0.1) is 0 Å². The summed E-state index contributed by atoms with van der Waals surface area (Å²) in [6, 6.07) is 8.89. The fraction of sp³-hybridized carbons (Fsp3) is 0.333. The van der Waals surface area contributed by atoms with E-state index in [0.29, 0.717) is 59.3 Å². The number of anilines is 1. The monoisotopic (exact) mass is 583 g/mol. The van der Waals surface area contributed by atoms with E-state index in [1.165, 1.54) is 10.6 Å². The number of pyridine rings is 1. The topological polar surface area (TPSA) is 89.8 Å². The fourth-order valence-electron chi connectivity index (χ4n) is 6.27. The van der Waals surface area contributed by atoms with Crippen molar-refractivity contribution in [1.82, 2.24) is 19.4 Å². The number of nitrogens with zero attached hydrogens (tertiary/aromatic N) is 5. The number of methoxy groups -OCH3 is 1. The van der Waals surface area contributed by atoms with Gasteiger partial charge in [-0.1, -0.05) is 32.6 Å². The van der Waals surface area contributed by atoms with Crippen LogP contribution in [0.25, 0.3) is 27.7 Å². The summed E-state index contributed by atoms with van der Waals surface area (Å²) in [5.74, 6) is 0.393. The van der Waals surface area contributed by atoms with Crippen LogP contribution in [0.2, 0.25) is 0 Å². The number of carbonyl (C=O) groups is 1. The summed E-state index contributed by atoms with van der Waals surface area (Å²) in [4.78, 5) is 39.3. The van der Waals surface area contributed by atoms with E-state index in [1.807, 2.05) is 50.8 Å². The second kappa shape index (κ2) is 10.8. The summed E-state index contributed by atoms with van der Waals surface area (Å²) in [6.07, 6.45) is 2.99. The highest BCUT2D eigenvalue weighted by Crippen LogP contribution is 2.48. The Morgan fingerprint density at radius 1 is 1.23 bits per heavy atom. The highest BCUT2D eigenvalue weighted by atomic mass is 19.1. The minimum Gasteiger partial charge on any atom is -0.496 e. The Hall–Kier alpha value is -4.73. The van der Waals surface area contributed by atoms with Gasteiger partial charge in [0.2, 0.25) is 5.91 Å². The van der Waals surface area contributed by atoms with Crippen LogP contribution in [-0.2, 0) is 11.4 Å². The number of rotatable bonds is 5. The van der Waals surface area contributed by atoms with Crippen LogP contribution in [0.4, 0.5) is 10.2 Å². The molecule has 4 aromatic rings. The summed E-state index contributed by atoms with van der Waals surface area (Å²) in [5.41, 5.74) is 3.03. The van der Waals surface area contributed by atoms with Crippen molar-refractivity contribution in [2.75, 3.05) is 31.6 Å². The number of halogens is 1. The lowest BCUT2D eigenvalue weighted by atomic mass is 9.93. The van der Waals surface area contributed by atoms with Crippen molar-refractivity contribution in [2.45, 2.75) is 46.3 Å². The summed E-state index contributed by atoms with van der Waals surface area (Å²) < 4.78 is 30.5. The molecular formula is C33H34FN5O4. The summed E-state index contributed by atoms with van der Waals surface area (Å²) >= 11 is 0. The van der Waals surface area contributed by atoms with E-state index in [4.69, 9.17) is 9.47 Å². The maximum absolute atomic E-state index is 17.4. The Kier molecular flexibility index (Phi) is 7.15. The van der Waals surface area contributed by atoms with Gasteiger partial charge in [0.05, 0.1) is 29.6 Å². The summed E-state index contributed by atoms with van der Waals surface area (Å²) in [6.45, 7) is 12.9. The second-order valence-corrected chi connectivity index (χ2v) is 11.3. The van der Waals surface area contributed by atoms with Gasteiger partial charge in [0.15, 0.2) is 5.82 Å². The maximum Gasteiger partial charge on any atom is 0.354 e. The van der Waals surface area contributed by atoms with E-state index < -0.39 is 11.5 Å². The second-order valence-electron chi connectivity index (χ2n) is 11.3. The van der Waals surface area contributed by atoms with E-state index >= 15 is 4.39 Å². The van der Waals surface area contributed by atoms with Crippen LogP contribution in [0.15, 0.2) is 54.0 Å². The van der Waals surface area contributed by atoms with E-state index in [2.05, 4.69) is 16.5 Å². The van der Waals surface area contributed by atoms with Crippen LogP contribution in [0.3, 0.4) is 0 Å². The number of hydrogen-bond acceptors (Lipinski definition) is 7. The van der Waals surface area contributed by atoms with E-state index in [-0.39, 0.29) is 35.6 Å². The number of piperazine rings is 1. The molecule has 1 amide bonds. The SMILES string of the molecule is C=CC(=O)N1CCN(c2nc(=O)n(-c3c(C)ccnc3C(C)C)c3c(F)c4c(cc23)OCc2cccc(OC)c2-4)[C@@H](C)C1. The largest absolute Gasteiger partial charge is 0.496 e. The van der Waals surface area contributed by atoms with E-state index in [9.17, 15) is 9.59 Å². The van der Waals surface area contributed by atoms with Gasteiger partial charge in [-0.2, -0.15) is 4.98 Å². The molecule has 1 fully saturated rings. The number of benzene rings is 2. The number of hydrogen-bond donors (Lipinski definition) is 0. The van der Waals surface area contributed by atoms with Crippen LogP contribution in [0.5, 0.6) is 11.5 Å². The molecule has 1 atom stereocenters. The molecule has 0 N–H and O–H groups in total. The third-order valence-electron chi connectivity index (χ3n) is 8.34. The van der Waals surface area contributed by atoms with Crippen molar-refractivity contribution in [3.05, 3.63) is 82.3 Å². The highest BCUT2D eigenvalue weighted by molar-refractivity contribution is 5.98. The van der Waals surface area contributed by atoms with Gasteiger partial charge >= 0.3 is 5.69 Å². The molecular weight excluding hydrogens is 549 g/mol. The molecule has 0 unspecified atom stereocenters. The average Bonchev–Trinajstić information content (AvgIpc) is 3.00. The Balaban J connectivity index is 1.70. The Bertz CT molecular complexity index is 1840. The van der Waals surface area contributed by atoms with Crippen molar-refractivity contribution in [3.63, 3.8) is 0 Å². The number of aryl methyl sites for hydroxylation is 1. The van der Waals surface area contributed by atoms with Gasteiger partial charge in [-0.05, 0) is 49.6 Å². The summed E-state index contributed by atoms with van der Waals surface area (Å²) in [7, 11) is 1.55. The third kappa shape index (κ3) is 4.52. The van der Waals surface area contributed by atoms with E-state index in [0.717, 1.165) is 11.1 Å². The molecule has 10 heteroatoms. The molecule has 0 spiro atoms. The zero-order valence-corrected chi connectivity index (χ0v) is 25.0. The van der Waals surface area contributed by atoms with Gasteiger partial charge in [-0.25, -0.2) is 9.18 Å². The minimum absolute atomic E-state index is 0.0446. The van der Waals surface area contributed by atoms with Gasteiger partial charge < -0.3 is 19.3 Å². The first-order valence-corrected chi connectivity index (χ1v) is 14.4. The fourth-order valence-corrected chi connectivity index (χ4v) is 6.27. The van der Waals surface area contributed by atoms with Crippen molar-refractivity contribution >= 4 is 22.6 Å². The number of carbonyl (C=O) groups excluding carboxylic acids is 1. The van der Waals surface area contributed by atoms with Gasteiger partial charge in [0.1, 0.15) is 23.9 Å². The molecule has 2 aromatic heterocycles. The molecule has 0 aliphatic carbocycles. The van der Waals surface area contributed by atoms with Gasteiger partial charge in [0, 0.05) is 48.4 Å². The molecule has 222 valence electrons. The number of ether oxygens (including phenoxy) is 2. The van der Waals surface area contributed by atoms with Crippen LogP contribution in [0, 0.1) is 12.7 Å². The lowest BCUT2D eigenvalue weighted by Gasteiger charge is -2.40. The molecule has 2 aliphatic rings. The molecule has 43 heavy (non-hydrogen) atoms. The molecule has 0 radical (unpaired) electrons. The first-order chi connectivity index (χ1) is 20.7. The third-order valence-corrected chi connectivity index (χ3v) is 8.34. The molecule has 6 rings (SSSR count). The molecule has 1 saturated heterocycles. The highest BCUT2D eigenvalue weighted by Gasteiger charge is 2.34. The summed E-state index contributed by atoms with van der Waals surface area (Å²) in [5, 5.41) is 0.433. The maximum atomic E-state index is 17.4. The zero-order chi connectivity index (χ0) is 30.6. The van der Waals surface area contributed by atoms with Crippen LogP contribution in [-0.4, -0.2) is 58.1 Å². The quantitative estimate of drug-likeness (QED) is 0.301. The van der Waals surface area contributed by atoms with Crippen LogP contribution >= 0.6 is 0 Å². The first kappa shape index (κ1) is 28.4. The van der Waals surface area contributed by atoms with Crippen molar-refractivity contribution < 1.29 is 18.7 Å². The lowest BCUT2D eigenvalue weighted by Crippen LogP contribution is -2.54. The molecule has 2 aliphatic heterocycles. The van der Waals surface area contributed by atoms with Gasteiger partial charge in [-0.3, -0.25) is 14.3 Å². The van der Waals surface area contributed by atoms with Crippen LogP contribution < -0.4 is 20.1 Å². The average molecular weight is 584 g/mol. The minimum atomic E-state index is -0.617. The Morgan fingerprint density at radius 3 is 2.72 bits per heavy atom. The van der Waals surface area contributed by atoms with Gasteiger partial charge in [0.25, 0.3) is 0 Å². The molecule has 0 bridgehead atoms. The predicted molar refractivity (Wildman–Crippen MR) is 164 cm³/mol. The van der Waals surface area contributed by atoms with Crippen molar-refractivity contribution in [2.24, 2.45) is 0 Å². The zero-order valence-electron chi connectivity index (χ0n) is 25.0. The molecule has 0 saturated carbocycles. The standard InChI is InChI=1S/C33H34FN5O4/c1-7-25(40)37-13-14-38(20(5)16-37)32-22-15-24-27(26-21(17-43-24)9-8-10-23(26)42-6)28(34)31(22)39(33(41)36-32)30-19(4)11-12-35-29(30)18(2)3/h7-12,15,18,20H,1,13-14,16-17H2,2-6H3/t20-/m0/s1. The normalized spacial score (nSPS) is 16.1. The number of fused-ring (bicyclic) bond motifs is 4.